The predicted octanol–water partition coefficient (Wildman–Crippen LogP) is 2.20. The predicted molar refractivity (Wildman–Crippen MR) is 88.6 cm³/mol. The summed E-state index contributed by atoms with van der Waals surface area (Å²) in [7, 11) is 0. The van der Waals surface area contributed by atoms with Crippen molar-refractivity contribution in [2.45, 2.75) is 6.18 Å². The summed E-state index contributed by atoms with van der Waals surface area (Å²) in [5.41, 5.74) is -1.57. The molecule has 0 aromatic heterocycles. The van der Waals surface area contributed by atoms with Crippen molar-refractivity contribution in [2.75, 3.05) is 10.6 Å². The number of aliphatic carboxylic acids is 1. The van der Waals surface area contributed by atoms with Crippen molar-refractivity contribution in [3.63, 3.8) is 0 Å². The number of rotatable bonds is 5. The van der Waals surface area contributed by atoms with Crippen molar-refractivity contribution in [3.8, 4) is 0 Å². The Morgan fingerprint density at radius 3 is 2.07 bits per heavy atom. The molecule has 2 rings (SSSR count). The van der Waals surface area contributed by atoms with Crippen molar-refractivity contribution in [1.29, 1.82) is 0 Å². The number of carboxylic acids is 1. The largest absolute Gasteiger partial charge is 0.545 e. The lowest BCUT2D eigenvalue weighted by Crippen LogP contribution is -2.21. The molecule has 2 aromatic carbocycles. The van der Waals surface area contributed by atoms with Gasteiger partial charge in [-0.15, -0.1) is 0 Å². The third-order valence-electron chi connectivity index (χ3n) is 3.28. The minimum atomic E-state index is -4.66. The lowest BCUT2D eigenvalue weighted by atomic mass is 10.1. The zero-order valence-corrected chi connectivity index (χ0v) is 13.5. The second-order valence-electron chi connectivity index (χ2n) is 5.18. The maximum absolute atomic E-state index is 13.0. The molecule has 2 amide bonds. The third kappa shape index (κ3) is 5.43. The standard InChI is InChI=1S/C18H13F3N2O4/c19-18(20,21)12-6-2-4-8-14(12)23-17(27)11-5-1-3-7-13(11)22-15(24)9-10-16(25)26/h1-10H,(H,22,24)(H,23,27)(H,25,26)/p-1/b10-9+. The molecule has 0 unspecified atom stereocenters. The maximum Gasteiger partial charge on any atom is 0.418 e. The molecule has 27 heavy (non-hydrogen) atoms. The Bertz CT molecular complexity index is 907. The van der Waals surface area contributed by atoms with Crippen LogP contribution >= 0.6 is 0 Å². The molecule has 0 heterocycles. The van der Waals surface area contributed by atoms with E-state index >= 15 is 0 Å². The first-order valence-electron chi connectivity index (χ1n) is 7.45. The van der Waals surface area contributed by atoms with E-state index in [9.17, 15) is 32.7 Å². The zero-order valence-electron chi connectivity index (χ0n) is 13.5. The minimum absolute atomic E-state index is 0.00696. The first-order chi connectivity index (χ1) is 12.7. The van der Waals surface area contributed by atoms with Gasteiger partial charge in [0.05, 0.1) is 28.5 Å². The Morgan fingerprint density at radius 2 is 1.44 bits per heavy atom. The van der Waals surface area contributed by atoms with Crippen LogP contribution in [0.25, 0.3) is 0 Å². The van der Waals surface area contributed by atoms with Crippen molar-refractivity contribution < 1.29 is 32.7 Å². The van der Waals surface area contributed by atoms with E-state index in [2.05, 4.69) is 10.6 Å². The number of carbonyl (C=O) groups excluding carboxylic acids is 3. The number of hydrogen-bond donors (Lipinski definition) is 2. The SMILES string of the molecule is O=C([O-])/C=C/C(=O)Nc1ccccc1C(=O)Nc1ccccc1C(F)(F)F. The lowest BCUT2D eigenvalue weighted by Gasteiger charge is -2.15. The van der Waals surface area contributed by atoms with Gasteiger partial charge in [-0.1, -0.05) is 24.3 Å². The molecule has 0 saturated carbocycles. The van der Waals surface area contributed by atoms with E-state index in [0.29, 0.717) is 12.2 Å². The van der Waals surface area contributed by atoms with Gasteiger partial charge in [-0.25, -0.2) is 0 Å². The third-order valence-corrected chi connectivity index (χ3v) is 3.28. The number of hydrogen-bond acceptors (Lipinski definition) is 4. The first-order valence-corrected chi connectivity index (χ1v) is 7.45. The highest BCUT2D eigenvalue weighted by Gasteiger charge is 2.33. The first kappa shape index (κ1) is 19.7. The van der Waals surface area contributed by atoms with Crippen LogP contribution < -0.4 is 15.7 Å². The Balaban J connectivity index is 2.26. The molecule has 0 atom stereocenters. The van der Waals surface area contributed by atoms with Crippen LogP contribution in [0.15, 0.2) is 60.7 Å². The van der Waals surface area contributed by atoms with Crippen molar-refractivity contribution >= 4 is 29.2 Å². The molecule has 2 N–H and O–H groups in total. The quantitative estimate of drug-likeness (QED) is 0.781. The molecule has 0 spiro atoms. The van der Waals surface area contributed by atoms with Crippen LogP contribution in [0.1, 0.15) is 15.9 Å². The molecule has 0 saturated heterocycles. The molecule has 0 radical (unpaired) electrons. The second kappa shape index (κ2) is 8.17. The summed E-state index contributed by atoms with van der Waals surface area (Å²) < 4.78 is 39.1. The van der Waals surface area contributed by atoms with Gasteiger partial charge < -0.3 is 20.5 Å². The highest BCUT2D eigenvalue weighted by molar-refractivity contribution is 6.11. The van der Waals surface area contributed by atoms with Crippen LogP contribution in [0.3, 0.4) is 0 Å². The molecular weight excluding hydrogens is 365 g/mol. The molecule has 140 valence electrons. The summed E-state index contributed by atoms with van der Waals surface area (Å²) in [6.07, 6.45) is -3.48. The Morgan fingerprint density at radius 1 is 0.852 bits per heavy atom. The van der Waals surface area contributed by atoms with Crippen molar-refractivity contribution in [2.24, 2.45) is 0 Å². The number of carbonyl (C=O) groups is 3. The van der Waals surface area contributed by atoms with E-state index in [4.69, 9.17) is 0 Å². The minimum Gasteiger partial charge on any atom is -0.545 e. The van der Waals surface area contributed by atoms with Gasteiger partial charge >= 0.3 is 6.18 Å². The van der Waals surface area contributed by atoms with Crippen LogP contribution in [0.5, 0.6) is 0 Å². The number of alkyl halides is 3. The van der Waals surface area contributed by atoms with Gasteiger partial charge in [0.15, 0.2) is 0 Å². The van der Waals surface area contributed by atoms with Gasteiger partial charge in [-0.3, -0.25) is 9.59 Å². The van der Waals surface area contributed by atoms with Gasteiger partial charge in [0.1, 0.15) is 0 Å². The molecule has 6 nitrogen and oxygen atoms in total. The van der Waals surface area contributed by atoms with E-state index in [1.54, 1.807) is 0 Å². The molecule has 0 aliphatic rings. The molecule has 0 bridgehead atoms. The summed E-state index contributed by atoms with van der Waals surface area (Å²) in [4.78, 5) is 34.4. The number of amides is 2. The number of para-hydroxylation sites is 2. The zero-order chi connectivity index (χ0) is 20.0. The highest BCUT2D eigenvalue weighted by atomic mass is 19.4. The monoisotopic (exact) mass is 377 g/mol. The number of halogens is 3. The molecule has 2 aromatic rings. The molecule has 0 aliphatic heterocycles. The fourth-order valence-electron chi connectivity index (χ4n) is 2.14. The number of nitrogens with one attached hydrogen (secondary N) is 2. The fourth-order valence-corrected chi connectivity index (χ4v) is 2.14. The van der Waals surface area contributed by atoms with Crippen molar-refractivity contribution in [1.82, 2.24) is 0 Å². The topological polar surface area (TPSA) is 98.3 Å². The molecule has 9 heteroatoms. The van der Waals surface area contributed by atoms with Crippen LogP contribution in [0.2, 0.25) is 0 Å². The average molecular weight is 377 g/mol. The Labute approximate surface area is 151 Å². The molecule has 0 aliphatic carbocycles. The normalized spacial score (nSPS) is 11.2. The van der Waals surface area contributed by atoms with Gasteiger partial charge in [0.25, 0.3) is 5.91 Å². The van der Waals surface area contributed by atoms with E-state index in [0.717, 1.165) is 12.1 Å². The van der Waals surface area contributed by atoms with E-state index in [1.807, 2.05) is 0 Å². The molecule has 0 fully saturated rings. The fraction of sp³-hybridized carbons (Fsp3) is 0.0556. The Kier molecular flexibility index (Phi) is 5.96. The number of benzene rings is 2. The van der Waals surface area contributed by atoms with Gasteiger partial charge in [0.2, 0.25) is 5.91 Å². The number of anilines is 2. The van der Waals surface area contributed by atoms with E-state index in [1.165, 1.54) is 36.4 Å². The van der Waals surface area contributed by atoms with Crippen molar-refractivity contribution in [3.05, 3.63) is 71.8 Å². The maximum atomic E-state index is 13.0. The van der Waals surface area contributed by atoms with E-state index in [-0.39, 0.29) is 11.3 Å². The van der Waals surface area contributed by atoms with Crippen LogP contribution in [0.4, 0.5) is 24.5 Å². The average Bonchev–Trinajstić information content (AvgIpc) is 2.60. The Hall–Kier alpha value is -3.62. The molecular formula is C18H12F3N2O4-. The second-order valence-corrected chi connectivity index (χ2v) is 5.18. The van der Waals surface area contributed by atoms with E-state index < -0.39 is 35.2 Å². The van der Waals surface area contributed by atoms with Gasteiger partial charge in [-0.05, 0) is 30.3 Å². The van der Waals surface area contributed by atoms with Crippen LogP contribution in [0, 0.1) is 0 Å². The smallest absolute Gasteiger partial charge is 0.418 e. The summed E-state index contributed by atoms with van der Waals surface area (Å²) in [5.74, 6) is -3.32. The summed E-state index contributed by atoms with van der Waals surface area (Å²) in [6.45, 7) is 0. The lowest BCUT2D eigenvalue weighted by molar-refractivity contribution is -0.297. The van der Waals surface area contributed by atoms with Gasteiger partial charge in [0, 0.05) is 6.08 Å². The highest BCUT2D eigenvalue weighted by Crippen LogP contribution is 2.34. The van der Waals surface area contributed by atoms with Crippen LogP contribution in [-0.2, 0) is 15.8 Å². The number of carboxylic acid groups (broad SMARTS) is 1. The summed E-state index contributed by atoms with van der Waals surface area (Å²) in [6, 6.07) is 10.0. The van der Waals surface area contributed by atoms with Crippen LogP contribution in [-0.4, -0.2) is 17.8 Å². The summed E-state index contributed by atoms with van der Waals surface area (Å²) >= 11 is 0. The summed E-state index contributed by atoms with van der Waals surface area (Å²) in [5, 5.41) is 14.8. The van der Waals surface area contributed by atoms with Gasteiger partial charge in [-0.2, -0.15) is 13.2 Å².